The molecule has 0 atom stereocenters. The molecule has 0 unspecified atom stereocenters. The highest BCUT2D eigenvalue weighted by atomic mass is 35.5. The van der Waals surface area contributed by atoms with Crippen LogP contribution in [0.4, 0.5) is 0 Å². The molecule has 0 spiro atoms. The van der Waals surface area contributed by atoms with E-state index >= 15 is 0 Å². The van der Waals surface area contributed by atoms with Crippen LogP contribution in [0.25, 0.3) is 0 Å². The second kappa shape index (κ2) is 6.02. The van der Waals surface area contributed by atoms with Gasteiger partial charge in [0.25, 0.3) is 0 Å². The summed E-state index contributed by atoms with van der Waals surface area (Å²) in [5.41, 5.74) is 0.814. The molecule has 1 aromatic heterocycles. The number of hydrogen-bond donors (Lipinski definition) is 2. The lowest BCUT2D eigenvalue weighted by atomic mass is 10.2. The lowest BCUT2D eigenvalue weighted by Gasteiger charge is -2.07. The van der Waals surface area contributed by atoms with Crippen molar-refractivity contribution < 1.29 is 13.5 Å². The zero-order valence-corrected chi connectivity index (χ0v) is 12.2. The van der Waals surface area contributed by atoms with Gasteiger partial charge in [-0.1, -0.05) is 23.7 Å². The summed E-state index contributed by atoms with van der Waals surface area (Å²) >= 11 is 6.97. The van der Waals surface area contributed by atoms with E-state index in [0.717, 1.165) is 5.56 Å². The van der Waals surface area contributed by atoms with Crippen LogP contribution in [0, 0.1) is 0 Å². The summed E-state index contributed by atoms with van der Waals surface area (Å²) in [6.07, 6.45) is 0. The maximum absolute atomic E-state index is 12.1. The van der Waals surface area contributed by atoms with Gasteiger partial charge in [0.05, 0.1) is 11.5 Å². The van der Waals surface area contributed by atoms with E-state index in [1.807, 2.05) is 0 Å². The van der Waals surface area contributed by atoms with E-state index in [0.29, 0.717) is 9.90 Å². The Hall–Kier alpha value is -0.920. The zero-order valence-electron chi connectivity index (χ0n) is 9.84. The molecule has 0 amide bonds. The van der Waals surface area contributed by atoms with Crippen LogP contribution in [-0.2, 0) is 23.2 Å². The van der Waals surface area contributed by atoms with Crippen LogP contribution in [0.3, 0.4) is 0 Å². The van der Waals surface area contributed by atoms with Gasteiger partial charge in [0.15, 0.2) is 0 Å². The van der Waals surface area contributed by atoms with Gasteiger partial charge in [0.1, 0.15) is 0 Å². The number of benzene rings is 1. The normalized spacial score (nSPS) is 11.7. The van der Waals surface area contributed by atoms with Crippen LogP contribution < -0.4 is 4.72 Å². The third-order valence-corrected chi connectivity index (χ3v) is 5.29. The molecule has 2 N–H and O–H groups in total. The fourth-order valence-corrected chi connectivity index (χ4v) is 3.98. The van der Waals surface area contributed by atoms with Gasteiger partial charge in [-0.05, 0) is 29.1 Å². The molecule has 4 nitrogen and oxygen atoms in total. The second-order valence-electron chi connectivity index (χ2n) is 3.82. The van der Waals surface area contributed by atoms with Crippen molar-refractivity contribution in [1.82, 2.24) is 4.72 Å². The highest BCUT2D eigenvalue weighted by molar-refractivity contribution is 7.89. The van der Waals surface area contributed by atoms with Gasteiger partial charge in [-0.15, -0.1) is 11.3 Å². The summed E-state index contributed by atoms with van der Waals surface area (Å²) in [5, 5.41) is 11.3. The maximum atomic E-state index is 12.1. The van der Waals surface area contributed by atoms with Gasteiger partial charge in [0.2, 0.25) is 10.0 Å². The molecule has 1 aromatic carbocycles. The quantitative estimate of drug-likeness (QED) is 0.889. The van der Waals surface area contributed by atoms with Crippen molar-refractivity contribution in [3.05, 3.63) is 51.2 Å². The lowest BCUT2D eigenvalue weighted by molar-refractivity contribution is 0.282. The van der Waals surface area contributed by atoms with Crippen LogP contribution in [-0.4, -0.2) is 13.5 Å². The van der Waals surface area contributed by atoms with E-state index in [4.69, 9.17) is 16.7 Å². The van der Waals surface area contributed by atoms with Gasteiger partial charge < -0.3 is 5.11 Å². The number of aliphatic hydroxyl groups is 1. The molecule has 0 bridgehead atoms. The number of thiophene rings is 1. The van der Waals surface area contributed by atoms with Crippen molar-refractivity contribution in [2.45, 2.75) is 18.0 Å². The Balaban J connectivity index is 2.12. The van der Waals surface area contributed by atoms with E-state index in [1.165, 1.54) is 17.4 Å². The Morgan fingerprint density at radius 2 is 1.89 bits per heavy atom. The van der Waals surface area contributed by atoms with Gasteiger partial charge in [-0.2, -0.15) is 0 Å². The Morgan fingerprint density at radius 3 is 2.53 bits per heavy atom. The van der Waals surface area contributed by atoms with Crippen LogP contribution in [0.1, 0.15) is 10.4 Å². The fraction of sp³-hybridized carbons (Fsp3) is 0.167. The summed E-state index contributed by atoms with van der Waals surface area (Å²) in [4.78, 5) is 0.567. The molecule has 0 aliphatic rings. The first-order chi connectivity index (χ1) is 9.03. The first kappa shape index (κ1) is 14.5. The van der Waals surface area contributed by atoms with Crippen molar-refractivity contribution in [2.75, 3.05) is 0 Å². The van der Waals surface area contributed by atoms with Gasteiger partial charge >= 0.3 is 0 Å². The van der Waals surface area contributed by atoms with Gasteiger partial charge in [-0.25, -0.2) is 13.1 Å². The summed E-state index contributed by atoms with van der Waals surface area (Å²) < 4.78 is 26.6. The summed E-state index contributed by atoms with van der Waals surface area (Å²) in [5.74, 6) is 0. The highest BCUT2D eigenvalue weighted by Crippen LogP contribution is 2.22. The minimum Gasteiger partial charge on any atom is -0.391 e. The van der Waals surface area contributed by atoms with Crippen LogP contribution in [0.15, 0.2) is 40.6 Å². The molecular weight excluding hydrogens is 306 g/mol. The molecule has 2 aromatic rings. The Kier molecular flexibility index (Phi) is 4.59. The first-order valence-electron chi connectivity index (χ1n) is 5.44. The second-order valence-corrected chi connectivity index (χ2v) is 6.99. The van der Waals surface area contributed by atoms with Crippen LogP contribution in [0.2, 0.25) is 5.02 Å². The number of rotatable bonds is 5. The smallest absolute Gasteiger partial charge is 0.242 e. The molecule has 0 aliphatic carbocycles. The molecule has 1 heterocycles. The van der Waals surface area contributed by atoms with E-state index in [1.54, 1.807) is 29.6 Å². The molecule has 19 heavy (non-hydrogen) atoms. The average molecular weight is 318 g/mol. The fourth-order valence-electron chi connectivity index (χ4n) is 1.54. The molecule has 0 aliphatic heterocycles. The van der Waals surface area contributed by atoms with E-state index in [-0.39, 0.29) is 18.0 Å². The lowest BCUT2D eigenvalue weighted by Crippen LogP contribution is -2.23. The third kappa shape index (κ3) is 3.55. The molecule has 0 fully saturated rings. The predicted octanol–water partition coefficient (Wildman–Crippen LogP) is 2.37. The molecule has 2 rings (SSSR count). The maximum Gasteiger partial charge on any atom is 0.242 e. The summed E-state index contributed by atoms with van der Waals surface area (Å²) in [6, 6.07) is 8.40. The van der Waals surface area contributed by atoms with Gasteiger partial charge in [0, 0.05) is 16.4 Å². The SMILES string of the molecule is O=S(=O)(NCc1ccc(Cl)cc1)c1ccsc1CO. The van der Waals surface area contributed by atoms with Crippen molar-refractivity contribution >= 4 is 33.0 Å². The standard InChI is InChI=1S/C12H12ClNO3S2/c13-10-3-1-9(2-4-10)7-14-19(16,17)12-5-6-18-11(12)8-15/h1-6,14-15H,7-8H2. The first-order valence-corrected chi connectivity index (χ1v) is 8.18. The average Bonchev–Trinajstić information content (AvgIpc) is 2.87. The van der Waals surface area contributed by atoms with Crippen LogP contribution in [0.5, 0.6) is 0 Å². The van der Waals surface area contributed by atoms with Gasteiger partial charge in [-0.3, -0.25) is 0 Å². The third-order valence-electron chi connectivity index (χ3n) is 2.52. The van der Waals surface area contributed by atoms with E-state index in [9.17, 15) is 8.42 Å². The van der Waals surface area contributed by atoms with Crippen molar-refractivity contribution in [1.29, 1.82) is 0 Å². The number of halogens is 1. The molecular formula is C12H12ClNO3S2. The molecule has 102 valence electrons. The zero-order chi connectivity index (χ0) is 13.9. The monoisotopic (exact) mass is 317 g/mol. The molecule has 7 heteroatoms. The minimum absolute atomic E-state index is 0.133. The van der Waals surface area contributed by atoms with Crippen molar-refractivity contribution in [3.8, 4) is 0 Å². The Morgan fingerprint density at radius 1 is 1.21 bits per heavy atom. The molecule has 0 radical (unpaired) electrons. The Bertz CT molecular complexity index is 650. The van der Waals surface area contributed by atoms with E-state index < -0.39 is 10.0 Å². The van der Waals surface area contributed by atoms with Crippen LogP contribution >= 0.6 is 22.9 Å². The van der Waals surface area contributed by atoms with Crippen molar-refractivity contribution in [3.63, 3.8) is 0 Å². The number of hydrogen-bond acceptors (Lipinski definition) is 4. The van der Waals surface area contributed by atoms with Crippen molar-refractivity contribution in [2.24, 2.45) is 0 Å². The number of nitrogens with one attached hydrogen (secondary N) is 1. The topological polar surface area (TPSA) is 66.4 Å². The molecule has 0 saturated carbocycles. The van der Waals surface area contributed by atoms with E-state index in [2.05, 4.69) is 4.72 Å². The summed E-state index contributed by atoms with van der Waals surface area (Å²) in [6.45, 7) is -0.102. The minimum atomic E-state index is -3.60. The largest absolute Gasteiger partial charge is 0.391 e. The number of sulfonamides is 1. The molecule has 0 saturated heterocycles. The summed E-state index contributed by atoms with van der Waals surface area (Å²) in [7, 11) is -3.60. The highest BCUT2D eigenvalue weighted by Gasteiger charge is 2.18. The Labute approximate surface area is 120 Å². The number of aliphatic hydroxyl groups excluding tert-OH is 1. The predicted molar refractivity (Wildman–Crippen MR) is 75.7 cm³/mol.